The van der Waals surface area contributed by atoms with E-state index in [0.717, 1.165) is 18.8 Å². The number of rotatable bonds is 6. The molecule has 2 heterocycles. The van der Waals surface area contributed by atoms with E-state index in [9.17, 15) is 19.8 Å². The molecule has 0 spiro atoms. The number of phenols is 1. The van der Waals surface area contributed by atoms with Gasteiger partial charge in [0.05, 0.1) is 11.6 Å². The maximum absolute atomic E-state index is 13.2. The van der Waals surface area contributed by atoms with Gasteiger partial charge in [-0.3, -0.25) is 19.5 Å². The van der Waals surface area contributed by atoms with Crippen LogP contribution < -0.4 is 9.80 Å². The first kappa shape index (κ1) is 22.1. The number of carbonyl (C=O) groups excluding carboxylic acids is 2. The highest BCUT2D eigenvalue weighted by molar-refractivity contribution is 6.51. The summed E-state index contributed by atoms with van der Waals surface area (Å²) in [5, 5.41) is 20.8. The van der Waals surface area contributed by atoms with Crippen molar-refractivity contribution < 1.29 is 19.8 Å². The molecule has 1 atom stereocenters. The van der Waals surface area contributed by atoms with Gasteiger partial charge >= 0.3 is 0 Å². The first-order chi connectivity index (χ1) is 16.0. The summed E-state index contributed by atoms with van der Waals surface area (Å²) in [6.45, 7) is 5.83. The number of ketones is 1. The van der Waals surface area contributed by atoms with Crippen molar-refractivity contribution in [1.82, 2.24) is 4.98 Å². The number of hydrogen-bond acceptors (Lipinski definition) is 6. The van der Waals surface area contributed by atoms with E-state index in [-0.39, 0.29) is 17.1 Å². The number of anilines is 2. The molecule has 1 aromatic heterocycles. The Labute approximate surface area is 192 Å². The third-order valence-electron chi connectivity index (χ3n) is 5.86. The van der Waals surface area contributed by atoms with Crippen LogP contribution in [0.3, 0.4) is 0 Å². The fourth-order valence-electron chi connectivity index (χ4n) is 4.15. The van der Waals surface area contributed by atoms with Gasteiger partial charge in [-0.2, -0.15) is 0 Å². The lowest BCUT2D eigenvalue weighted by molar-refractivity contribution is -0.132. The van der Waals surface area contributed by atoms with Crippen LogP contribution >= 0.6 is 0 Å². The number of nitrogens with zero attached hydrogens (tertiary/aromatic N) is 3. The smallest absolute Gasteiger partial charge is 0.300 e. The minimum atomic E-state index is -0.849. The molecule has 4 rings (SSSR count). The Kier molecular flexibility index (Phi) is 6.13. The van der Waals surface area contributed by atoms with E-state index in [1.165, 1.54) is 29.4 Å². The molecule has 0 bridgehead atoms. The molecule has 1 fully saturated rings. The summed E-state index contributed by atoms with van der Waals surface area (Å²) in [6, 6.07) is 16.0. The van der Waals surface area contributed by atoms with Gasteiger partial charge < -0.3 is 15.1 Å². The van der Waals surface area contributed by atoms with Crippen molar-refractivity contribution in [3.05, 3.63) is 89.8 Å². The summed E-state index contributed by atoms with van der Waals surface area (Å²) in [5.74, 6) is -1.70. The van der Waals surface area contributed by atoms with E-state index in [1.807, 2.05) is 12.1 Å². The Bertz CT molecular complexity index is 1180. The van der Waals surface area contributed by atoms with Crippen molar-refractivity contribution in [2.75, 3.05) is 22.9 Å². The zero-order chi connectivity index (χ0) is 23.5. The van der Waals surface area contributed by atoms with Crippen molar-refractivity contribution in [3.8, 4) is 5.75 Å². The number of aromatic nitrogens is 1. The lowest BCUT2D eigenvalue weighted by atomic mass is 9.95. The van der Waals surface area contributed by atoms with E-state index in [2.05, 4.69) is 23.7 Å². The number of amides is 1. The van der Waals surface area contributed by atoms with Gasteiger partial charge in [-0.05, 0) is 67.9 Å². The van der Waals surface area contributed by atoms with Crippen LogP contribution in [0.4, 0.5) is 11.4 Å². The van der Waals surface area contributed by atoms with Crippen molar-refractivity contribution in [3.63, 3.8) is 0 Å². The van der Waals surface area contributed by atoms with Crippen LogP contribution in [0.25, 0.3) is 5.76 Å². The number of aliphatic hydroxyl groups is 1. The van der Waals surface area contributed by atoms with Crippen LogP contribution in [0.1, 0.15) is 31.0 Å². The Morgan fingerprint density at radius 1 is 0.939 bits per heavy atom. The highest BCUT2D eigenvalue weighted by atomic mass is 16.3. The van der Waals surface area contributed by atoms with E-state index in [4.69, 9.17) is 0 Å². The first-order valence-electron chi connectivity index (χ1n) is 10.8. The van der Waals surface area contributed by atoms with Crippen LogP contribution in [0.2, 0.25) is 0 Å². The van der Waals surface area contributed by atoms with Crippen LogP contribution in [0.15, 0.2) is 78.6 Å². The fourth-order valence-corrected chi connectivity index (χ4v) is 4.15. The zero-order valence-electron chi connectivity index (χ0n) is 18.5. The van der Waals surface area contributed by atoms with E-state index in [1.54, 1.807) is 36.4 Å². The SMILES string of the molecule is CCN(CC)c1ccc(N2C(=O)C(=O)/C(=C(/O)c3ccncc3)C2c2ccc(O)cc2)cc1. The second-order valence-electron chi connectivity index (χ2n) is 7.69. The molecule has 0 aliphatic carbocycles. The number of benzene rings is 2. The monoisotopic (exact) mass is 443 g/mol. The van der Waals surface area contributed by atoms with Crippen LogP contribution in [-0.4, -0.2) is 40.0 Å². The van der Waals surface area contributed by atoms with E-state index in [0.29, 0.717) is 16.8 Å². The molecular weight excluding hydrogens is 418 g/mol. The highest BCUT2D eigenvalue weighted by Gasteiger charge is 2.47. The summed E-state index contributed by atoms with van der Waals surface area (Å²) < 4.78 is 0. The summed E-state index contributed by atoms with van der Waals surface area (Å²) in [5.41, 5.74) is 2.53. The average molecular weight is 444 g/mol. The molecule has 0 radical (unpaired) electrons. The maximum atomic E-state index is 13.2. The number of carbonyl (C=O) groups is 2. The predicted molar refractivity (Wildman–Crippen MR) is 127 cm³/mol. The number of hydrogen-bond donors (Lipinski definition) is 2. The van der Waals surface area contributed by atoms with Crippen molar-refractivity contribution in [2.24, 2.45) is 0 Å². The number of aliphatic hydroxyl groups excluding tert-OH is 1. The van der Waals surface area contributed by atoms with E-state index >= 15 is 0 Å². The fraction of sp³-hybridized carbons (Fsp3) is 0.192. The first-order valence-corrected chi connectivity index (χ1v) is 10.8. The molecule has 1 amide bonds. The quantitative estimate of drug-likeness (QED) is 0.336. The Hall–Kier alpha value is -4.13. The van der Waals surface area contributed by atoms with Gasteiger partial charge in [0.25, 0.3) is 11.7 Å². The Balaban J connectivity index is 1.86. The van der Waals surface area contributed by atoms with Crippen LogP contribution in [0.5, 0.6) is 5.75 Å². The lowest BCUT2D eigenvalue weighted by Crippen LogP contribution is -2.29. The third-order valence-corrected chi connectivity index (χ3v) is 5.86. The molecule has 2 N–H and O–H groups in total. The predicted octanol–water partition coefficient (Wildman–Crippen LogP) is 4.26. The molecule has 1 aliphatic rings. The van der Waals surface area contributed by atoms with Crippen molar-refractivity contribution in [1.29, 1.82) is 0 Å². The Morgan fingerprint density at radius 3 is 2.12 bits per heavy atom. The molecule has 2 aromatic carbocycles. The number of pyridine rings is 1. The molecule has 7 nitrogen and oxygen atoms in total. The number of phenolic OH excluding ortho intramolecular Hbond substituents is 1. The summed E-state index contributed by atoms with van der Waals surface area (Å²) in [6.07, 6.45) is 3.01. The summed E-state index contributed by atoms with van der Waals surface area (Å²) >= 11 is 0. The lowest BCUT2D eigenvalue weighted by Gasteiger charge is -2.27. The largest absolute Gasteiger partial charge is 0.508 e. The van der Waals surface area contributed by atoms with Crippen molar-refractivity contribution >= 4 is 28.8 Å². The molecule has 3 aromatic rings. The molecular formula is C26H25N3O4. The van der Waals surface area contributed by atoms with Gasteiger partial charge in [0.15, 0.2) is 0 Å². The molecule has 0 saturated carbocycles. The summed E-state index contributed by atoms with van der Waals surface area (Å²) in [7, 11) is 0. The minimum Gasteiger partial charge on any atom is -0.508 e. The van der Waals surface area contributed by atoms with Crippen LogP contribution in [0, 0.1) is 0 Å². The zero-order valence-corrected chi connectivity index (χ0v) is 18.5. The second kappa shape index (κ2) is 9.16. The molecule has 1 saturated heterocycles. The van der Waals surface area contributed by atoms with Crippen molar-refractivity contribution in [2.45, 2.75) is 19.9 Å². The van der Waals surface area contributed by atoms with Gasteiger partial charge in [0.2, 0.25) is 0 Å². The number of aromatic hydroxyl groups is 1. The average Bonchev–Trinajstić information content (AvgIpc) is 3.11. The highest BCUT2D eigenvalue weighted by Crippen LogP contribution is 2.42. The van der Waals surface area contributed by atoms with Gasteiger partial charge in [0.1, 0.15) is 11.5 Å². The third kappa shape index (κ3) is 4.05. The van der Waals surface area contributed by atoms with Crippen LogP contribution in [-0.2, 0) is 9.59 Å². The van der Waals surface area contributed by atoms with Gasteiger partial charge in [-0.15, -0.1) is 0 Å². The molecule has 33 heavy (non-hydrogen) atoms. The molecule has 1 aliphatic heterocycles. The van der Waals surface area contributed by atoms with Gasteiger partial charge in [-0.1, -0.05) is 12.1 Å². The van der Waals surface area contributed by atoms with Gasteiger partial charge in [-0.25, -0.2) is 0 Å². The van der Waals surface area contributed by atoms with Gasteiger partial charge in [0, 0.05) is 42.4 Å². The topological polar surface area (TPSA) is 94.0 Å². The second-order valence-corrected chi connectivity index (χ2v) is 7.69. The molecule has 1 unspecified atom stereocenters. The van der Waals surface area contributed by atoms with E-state index < -0.39 is 17.7 Å². The maximum Gasteiger partial charge on any atom is 0.300 e. The number of Topliss-reactive ketones (excluding diaryl/α,β-unsaturated/α-hetero) is 1. The molecule has 168 valence electrons. The Morgan fingerprint density at radius 2 is 1.55 bits per heavy atom. The minimum absolute atomic E-state index is 0.00953. The summed E-state index contributed by atoms with van der Waals surface area (Å²) in [4.78, 5) is 33.9. The standard InChI is InChI=1S/C26H25N3O4/c1-3-28(4-2)19-7-9-20(10-8-19)29-23(17-5-11-21(30)12-6-17)22(25(32)26(29)33)24(31)18-13-15-27-16-14-18/h5-16,23,30-31H,3-4H2,1-2H3/b24-22+. The molecule has 7 heteroatoms. The normalized spacial score (nSPS) is 17.4.